The fourth-order valence-electron chi connectivity index (χ4n) is 3.22. The number of halogens is 1. The number of benzene rings is 1. The fourth-order valence-corrected chi connectivity index (χ4v) is 3.22. The van der Waals surface area contributed by atoms with Crippen molar-refractivity contribution in [2.45, 2.75) is 32.7 Å². The Kier molecular flexibility index (Phi) is 5.21. The van der Waals surface area contributed by atoms with Gasteiger partial charge < -0.3 is 15.0 Å². The molecule has 0 saturated carbocycles. The molecule has 2 heterocycles. The molecule has 136 valence electrons. The molecule has 0 aliphatic carbocycles. The quantitative estimate of drug-likeness (QED) is 0.884. The van der Waals surface area contributed by atoms with Crippen molar-refractivity contribution in [2.75, 3.05) is 30.4 Å². The molecule has 7 heteroatoms. The number of aromatic nitrogens is 2. The minimum atomic E-state index is -0.617. The van der Waals surface area contributed by atoms with Crippen LogP contribution in [-0.4, -0.2) is 36.2 Å². The Balaban J connectivity index is 2.10. The standard InChI is InChI=1S/C19H22FN5O/c1-4-26-17-9-13(8-15(20)14(17)11-21)16-10-18(24-19(22-3)23-16)25-7-5-6-12(25)2/h8-10,12H,4-7H2,1-3H3,(H,22,23,24)/t12-/m1/s1. The number of nitrogens with one attached hydrogen (secondary N) is 1. The highest BCUT2D eigenvalue weighted by Crippen LogP contribution is 2.32. The summed E-state index contributed by atoms with van der Waals surface area (Å²) >= 11 is 0. The van der Waals surface area contributed by atoms with E-state index in [9.17, 15) is 9.65 Å². The summed E-state index contributed by atoms with van der Waals surface area (Å²) in [5, 5.41) is 12.1. The van der Waals surface area contributed by atoms with E-state index in [0.29, 0.717) is 29.9 Å². The summed E-state index contributed by atoms with van der Waals surface area (Å²) in [5.74, 6) is 0.895. The van der Waals surface area contributed by atoms with E-state index in [1.807, 2.05) is 12.1 Å². The lowest BCUT2D eigenvalue weighted by Gasteiger charge is -2.23. The highest BCUT2D eigenvalue weighted by Gasteiger charge is 2.23. The average Bonchev–Trinajstić information content (AvgIpc) is 3.07. The Morgan fingerprint density at radius 2 is 2.19 bits per heavy atom. The first-order chi connectivity index (χ1) is 12.6. The van der Waals surface area contributed by atoms with E-state index < -0.39 is 5.82 Å². The van der Waals surface area contributed by atoms with Gasteiger partial charge in [-0.3, -0.25) is 0 Å². The maximum atomic E-state index is 14.4. The van der Waals surface area contributed by atoms with Gasteiger partial charge in [-0.15, -0.1) is 0 Å². The van der Waals surface area contributed by atoms with Crippen LogP contribution in [0.1, 0.15) is 32.3 Å². The lowest BCUT2D eigenvalue weighted by Crippen LogP contribution is -2.27. The number of ether oxygens (including phenoxy) is 1. The number of rotatable bonds is 5. The predicted octanol–water partition coefficient (Wildman–Crippen LogP) is 3.58. The summed E-state index contributed by atoms with van der Waals surface area (Å²) in [6.45, 7) is 5.25. The van der Waals surface area contributed by atoms with Crippen LogP contribution in [0.4, 0.5) is 16.2 Å². The average molecular weight is 355 g/mol. The largest absolute Gasteiger partial charge is 0.492 e. The van der Waals surface area contributed by atoms with Crippen molar-refractivity contribution in [1.82, 2.24) is 9.97 Å². The van der Waals surface area contributed by atoms with Crippen LogP contribution < -0.4 is 15.0 Å². The zero-order chi connectivity index (χ0) is 18.7. The third-order valence-corrected chi connectivity index (χ3v) is 4.54. The molecule has 1 aromatic heterocycles. The van der Waals surface area contributed by atoms with E-state index in [0.717, 1.165) is 25.2 Å². The molecule has 1 saturated heterocycles. The van der Waals surface area contributed by atoms with E-state index in [1.54, 1.807) is 20.0 Å². The number of hydrogen-bond donors (Lipinski definition) is 1. The summed E-state index contributed by atoms with van der Waals surface area (Å²) in [4.78, 5) is 11.2. The van der Waals surface area contributed by atoms with Crippen molar-refractivity contribution >= 4 is 11.8 Å². The molecule has 1 fully saturated rings. The van der Waals surface area contributed by atoms with Gasteiger partial charge in [0.1, 0.15) is 29.0 Å². The van der Waals surface area contributed by atoms with Crippen LogP contribution in [0.5, 0.6) is 5.75 Å². The maximum Gasteiger partial charge on any atom is 0.224 e. The lowest BCUT2D eigenvalue weighted by molar-refractivity contribution is 0.337. The second-order valence-corrected chi connectivity index (χ2v) is 6.25. The predicted molar refractivity (Wildman–Crippen MR) is 98.9 cm³/mol. The molecule has 1 N–H and O–H groups in total. The number of hydrogen-bond acceptors (Lipinski definition) is 6. The van der Waals surface area contributed by atoms with Crippen molar-refractivity contribution in [3.63, 3.8) is 0 Å². The molecule has 1 atom stereocenters. The van der Waals surface area contributed by atoms with E-state index in [1.165, 1.54) is 6.07 Å². The summed E-state index contributed by atoms with van der Waals surface area (Å²) in [7, 11) is 1.75. The SMILES string of the molecule is CCOc1cc(-c2cc(N3CCC[C@H]3C)nc(NC)n2)cc(F)c1C#N. The normalized spacial score (nSPS) is 16.4. The summed E-state index contributed by atoms with van der Waals surface area (Å²) in [6, 6.07) is 7.10. The van der Waals surface area contributed by atoms with Crippen molar-refractivity contribution in [3.8, 4) is 23.1 Å². The molecule has 1 aliphatic heterocycles. The van der Waals surface area contributed by atoms with Gasteiger partial charge >= 0.3 is 0 Å². The van der Waals surface area contributed by atoms with E-state index in [-0.39, 0.29) is 11.3 Å². The molecule has 0 amide bonds. The Labute approximate surface area is 152 Å². The Bertz CT molecular complexity index is 849. The minimum absolute atomic E-state index is 0.0908. The van der Waals surface area contributed by atoms with Gasteiger partial charge in [-0.2, -0.15) is 10.2 Å². The second-order valence-electron chi connectivity index (χ2n) is 6.25. The highest BCUT2D eigenvalue weighted by molar-refractivity contribution is 5.68. The fraction of sp³-hybridized carbons (Fsp3) is 0.421. The van der Waals surface area contributed by atoms with Gasteiger partial charge in [0.05, 0.1) is 12.3 Å². The van der Waals surface area contributed by atoms with Crippen LogP contribution in [0.25, 0.3) is 11.3 Å². The second kappa shape index (κ2) is 7.56. The van der Waals surface area contributed by atoms with Crippen molar-refractivity contribution in [2.24, 2.45) is 0 Å². The smallest absolute Gasteiger partial charge is 0.224 e. The Hall–Kier alpha value is -2.88. The van der Waals surface area contributed by atoms with Gasteiger partial charge in [0.2, 0.25) is 5.95 Å². The Morgan fingerprint density at radius 3 is 2.81 bits per heavy atom. The number of nitriles is 1. The van der Waals surface area contributed by atoms with Gasteiger partial charge in [-0.1, -0.05) is 0 Å². The van der Waals surface area contributed by atoms with Crippen LogP contribution >= 0.6 is 0 Å². The van der Waals surface area contributed by atoms with E-state index >= 15 is 0 Å². The van der Waals surface area contributed by atoms with Gasteiger partial charge in [-0.25, -0.2) is 9.37 Å². The van der Waals surface area contributed by atoms with Crippen molar-refractivity contribution < 1.29 is 9.13 Å². The number of nitrogens with zero attached hydrogens (tertiary/aromatic N) is 4. The molecule has 2 aromatic rings. The molecule has 26 heavy (non-hydrogen) atoms. The minimum Gasteiger partial charge on any atom is -0.492 e. The van der Waals surface area contributed by atoms with E-state index in [2.05, 4.69) is 27.1 Å². The first kappa shape index (κ1) is 17.9. The van der Waals surface area contributed by atoms with Crippen LogP contribution in [0.15, 0.2) is 18.2 Å². The molecular weight excluding hydrogens is 333 g/mol. The topological polar surface area (TPSA) is 74.1 Å². The first-order valence-electron chi connectivity index (χ1n) is 8.77. The van der Waals surface area contributed by atoms with Gasteiger partial charge in [0.15, 0.2) is 0 Å². The van der Waals surface area contributed by atoms with Crippen LogP contribution in [0.3, 0.4) is 0 Å². The van der Waals surface area contributed by atoms with Gasteiger partial charge in [0.25, 0.3) is 0 Å². The van der Waals surface area contributed by atoms with Crippen molar-refractivity contribution in [1.29, 1.82) is 5.26 Å². The monoisotopic (exact) mass is 355 g/mol. The zero-order valence-corrected chi connectivity index (χ0v) is 15.2. The third-order valence-electron chi connectivity index (χ3n) is 4.54. The summed E-state index contributed by atoms with van der Waals surface area (Å²) in [6.07, 6.45) is 2.24. The van der Waals surface area contributed by atoms with Gasteiger partial charge in [0, 0.05) is 31.3 Å². The molecule has 0 spiro atoms. The molecule has 0 radical (unpaired) electrons. The third kappa shape index (κ3) is 3.40. The van der Waals surface area contributed by atoms with Crippen LogP contribution in [0.2, 0.25) is 0 Å². The molecule has 0 bridgehead atoms. The number of anilines is 2. The first-order valence-corrected chi connectivity index (χ1v) is 8.77. The molecule has 0 unspecified atom stereocenters. The molecule has 3 rings (SSSR count). The van der Waals surface area contributed by atoms with Crippen LogP contribution in [0, 0.1) is 17.1 Å². The van der Waals surface area contributed by atoms with E-state index in [4.69, 9.17) is 4.74 Å². The molecule has 1 aromatic carbocycles. The highest BCUT2D eigenvalue weighted by atomic mass is 19.1. The molecule has 1 aliphatic rings. The maximum absolute atomic E-state index is 14.4. The van der Waals surface area contributed by atoms with Gasteiger partial charge in [-0.05, 0) is 38.8 Å². The zero-order valence-electron chi connectivity index (χ0n) is 15.2. The van der Waals surface area contributed by atoms with Crippen molar-refractivity contribution in [3.05, 3.63) is 29.6 Å². The lowest BCUT2D eigenvalue weighted by atomic mass is 10.1. The molecular formula is C19H22FN5O. The Morgan fingerprint density at radius 1 is 1.38 bits per heavy atom. The summed E-state index contributed by atoms with van der Waals surface area (Å²) < 4.78 is 19.8. The molecule has 6 nitrogen and oxygen atoms in total. The van der Waals surface area contributed by atoms with Crippen LogP contribution in [-0.2, 0) is 0 Å². The summed E-state index contributed by atoms with van der Waals surface area (Å²) in [5.41, 5.74) is 1.05.